The van der Waals surface area contributed by atoms with Crippen LogP contribution in [0.5, 0.6) is 0 Å². The molecule has 0 saturated heterocycles. The summed E-state index contributed by atoms with van der Waals surface area (Å²) in [7, 11) is 2.15. The fourth-order valence-corrected chi connectivity index (χ4v) is 2.62. The van der Waals surface area contributed by atoms with E-state index in [9.17, 15) is 0 Å². The zero-order valence-electron chi connectivity index (χ0n) is 8.94. The molecule has 0 unspecified atom stereocenters. The fraction of sp³-hybridized carbons (Fsp3) is 0.778. The third kappa shape index (κ3) is 2.45. The van der Waals surface area contributed by atoms with Crippen LogP contribution in [0.1, 0.15) is 31.4 Å². The van der Waals surface area contributed by atoms with Gasteiger partial charge in [-0.2, -0.15) is 0 Å². The van der Waals surface area contributed by atoms with Gasteiger partial charge < -0.3 is 5.43 Å². The maximum absolute atomic E-state index is 5.39. The Bertz CT molecular complexity index is 307. The normalized spacial score (nSPS) is 17.5. The highest BCUT2D eigenvalue weighted by atomic mass is 32.1. The summed E-state index contributed by atoms with van der Waals surface area (Å²) < 4.78 is 3.90. The van der Waals surface area contributed by atoms with Gasteiger partial charge in [-0.1, -0.05) is 17.3 Å². The van der Waals surface area contributed by atoms with Crippen LogP contribution in [-0.4, -0.2) is 27.6 Å². The van der Waals surface area contributed by atoms with Gasteiger partial charge in [-0.3, -0.25) is 4.90 Å². The van der Waals surface area contributed by atoms with Crippen LogP contribution in [0, 0.1) is 0 Å². The Labute approximate surface area is 93.8 Å². The van der Waals surface area contributed by atoms with E-state index in [1.165, 1.54) is 37.2 Å². The average molecular weight is 227 g/mol. The van der Waals surface area contributed by atoms with Crippen LogP contribution >= 0.6 is 11.5 Å². The topological polar surface area (TPSA) is 67.1 Å². The van der Waals surface area contributed by atoms with Gasteiger partial charge >= 0.3 is 0 Å². The quantitative estimate of drug-likeness (QED) is 0.597. The summed E-state index contributed by atoms with van der Waals surface area (Å²) in [6.45, 7) is 0.834. The molecule has 1 aliphatic rings. The maximum Gasteiger partial charge on any atom is 0.148 e. The molecular weight excluding hydrogens is 210 g/mol. The molecule has 2 rings (SSSR count). The van der Waals surface area contributed by atoms with Crippen molar-refractivity contribution in [3.05, 3.63) is 5.69 Å². The zero-order chi connectivity index (χ0) is 10.7. The van der Waals surface area contributed by atoms with Gasteiger partial charge in [0.1, 0.15) is 10.7 Å². The Hall–Kier alpha value is -0.720. The highest BCUT2D eigenvalue weighted by Gasteiger charge is 2.21. The molecule has 1 aromatic heterocycles. The van der Waals surface area contributed by atoms with Crippen molar-refractivity contribution in [1.82, 2.24) is 14.5 Å². The van der Waals surface area contributed by atoms with E-state index in [2.05, 4.69) is 27.0 Å². The largest absolute Gasteiger partial charge is 0.313 e. The molecule has 84 valence electrons. The van der Waals surface area contributed by atoms with Gasteiger partial charge in [0.25, 0.3) is 0 Å². The first kappa shape index (κ1) is 10.8. The first-order chi connectivity index (χ1) is 7.31. The molecule has 1 aliphatic carbocycles. The lowest BCUT2D eigenvalue weighted by Crippen LogP contribution is -2.29. The summed E-state index contributed by atoms with van der Waals surface area (Å²) in [6, 6.07) is 0.706. The van der Waals surface area contributed by atoms with E-state index in [1.807, 2.05) is 0 Å². The van der Waals surface area contributed by atoms with Gasteiger partial charge in [-0.15, -0.1) is 5.10 Å². The highest BCUT2D eigenvalue weighted by Crippen LogP contribution is 2.25. The number of anilines is 1. The molecule has 6 heteroatoms. The third-order valence-corrected chi connectivity index (χ3v) is 3.73. The number of nitrogen functional groups attached to an aromatic ring is 1. The summed E-state index contributed by atoms with van der Waals surface area (Å²) in [4.78, 5) is 2.35. The second kappa shape index (κ2) is 4.87. The number of aromatic nitrogens is 2. The second-order valence-electron chi connectivity index (χ2n) is 4.05. The van der Waals surface area contributed by atoms with E-state index in [4.69, 9.17) is 5.84 Å². The van der Waals surface area contributed by atoms with Gasteiger partial charge in [-0.25, -0.2) is 5.84 Å². The molecule has 0 aromatic carbocycles. The van der Waals surface area contributed by atoms with Crippen molar-refractivity contribution in [2.45, 2.75) is 38.3 Å². The molecule has 3 N–H and O–H groups in total. The SMILES string of the molecule is CN(Cc1nnsc1NN)C1CCCC1. The van der Waals surface area contributed by atoms with Crippen molar-refractivity contribution >= 4 is 16.5 Å². The van der Waals surface area contributed by atoms with Crippen LogP contribution in [0.4, 0.5) is 5.00 Å². The van der Waals surface area contributed by atoms with Gasteiger partial charge in [0.05, 0.1) is 0 Å². The maximum atomic E-state index is 5.39. The van der Waals surface area contributed by atoms with E-state index in [0.717, 1.165) is 17.2 Å². The Morgan fingerprint density at radius 1 is 1.53 bits per heavy atom. The smallest absolute Gasteiger partial charge is 0.148 e. The van der Waals surface area contributed by atoms with E-state index >= 15 is 0 Å². The van der Waals surface area contributed by atoms with E-state index in [0.29, 0.717) is 6.04 Å². The standard InChI is InChI=1S/C9H17N5S/c1-14(7-4-2-3-5-7)6-8-9(11-10)15-13-12-8/h7,11H,2-6,10H2,1H3. The predicted octanol–water partition coefficient (Wildman–Crippen LogP) is 1.20. The van der Waals surface area contributed by atoms with Crippen LogP contribution in [0.15, 0.2) is 0 Å². The molecule has 0 bridgehead atoms. The lowest BCUT2D eigenvalue weighted by atomic mass is 10.2. The summed E-state index contributed by atoms with van der Waals surface area (Å²) in [6.07, 6.45) is 5.32. The van der Waals surface area contributed by atoms with Crippen molar-refractivity contribution in [1.29, 1.82) is 0 Å². The van der Waals surface area contributed by atoms with E-state index in [1.54, 1.807) is 0 Å². The molecule has 0 atom stereocenters. The Morgan fingerprint density at radius 3 is 2.93 bits per heavy atom. The minimum atomic E-state index is 0.706. The number of rotatable bonds is 4. The van der Waals surface area contributed by atoms with Crippen molar-refractivity contribution in [2.24, 2.45) is 5.84 Å². The van der Waals surface area contributed by atoms with Crippen molar-refractivity contribution in [3.63, 3.8) is 0 Å². The molecule has 0 spiro atoms. The average Bonchev–Trinajstić information content (AvgIpc) is 2.87. The van der Waals surface area contributed by atoms with Crippen LogP contribution in [0.3, 0.4) is 0 Å². The first-order valence-corrected chi connectivity index (χ1v) is 6.06. The molecular formula is C9H17N5S. The van der Waals surface area contributed by atoms with Crippen LogP contribution in [0.2, 0.25) is 0 Å². The molecule has 0 radical (unpaired) electrons. The zero-order valence-corrected chi connectivity index (χ0v) is 9.76. The molecule has 1 fully saturated rings. The molecule has 15 heavy (non-hydrogen) atoms. The monoisotopic (exact) mass is 227 g/mol. The van der Waals surface area contributed by atoms with Crippen LogP contribution < -0.4 is 11.3 Å². The number of hydrazine groups is 1. The number of nitrogens with two attached hydrogens (primary N) is 1. The number of hydrogen-bond acceptors (Lipinski definition) is 6. The lowest BCUT2D eigenvalue weighted by molar-refractivity contribution is 0.235. The third-order valence-electron chi connectivity index (χ3n) is 3.03. The molecule has 1 aromatic rings. The lowest BCUT2D eigenvalue weighted by Gasteiger charge is -2.22. The second-order valence-corrected chi connectivity index (χ2v) is 4.80. The number of nitrogens with one attached hydrogen (secondary N) is 1. The number of hydrogen-bond donors (Lipinski definition) is 2. The van der Waals surface area contributed by atoms with Crippen molar-refractivity contribution < 1.29 is 0 Å². The van der Waals surface area contributed by atoms with Gasteiger partial charge in [0.2, 0.25) is 0 Å². The van der Waals surface area contributed by atoms with Crippen LogP contribution in [0.25, 0.3) is 0 Å². The van der Waals surface area contributed by atoms with Crippen LogP contribution in [-0.2, 0) is 6.54 Å². The molecule has 5 nitrogen and oxygen atoms in total. The first-order valence-electron chi connectivity index (χ1n) is 5.29. The molecule has 0 amide bonds. The minimum Gasteiger partial charge on any atom is -0.313 e. The van der Waals surface area contributed by atoms with Crippen molar-refractivity contribution in [3.8, 4) is 0 Å². The summed E-state index contributed by atoms with van der Waals surface area (Å²) >= 11 is 1.31. The molecule has 0 aliphatic heterocycles. The Kier molecular flexibility index (Phi) is 3.50. The number of nitrogens with zero attached hydrogens (tertiary/aromatic N) is 3. The highest BCUT2D eigenvalue weighted by molar-refractivity contribution is 7.10. The van der Waals surface area contributed by atoms with E-state index in [-0.39, 0.29) is 0 Å². The van der Waals surface area contributed by atoms with Gasteiger partial charge in [0.15, 0.2) is 0 Å². The fourth-order valence-electron chi connectivity index (χ4n) is 2.13. The Balaban J connectivity index is 1.95. The Morgan fingerprint density at radius 2 is 2.27 bits per heavy atom. The summed E-state index contributed by atoms with van der Waals surface area (Å²) in [5.41, 5.74) is 3.59. The van der Waals surface area contributed by atoms with Crippen molar-refractivity contribution in [2.75, 3.05) is 12.5 Å². The molecule has 1 saturated carbocycles. The molecule has 1 heterocycles. The van der Waals surface area contributed by atoms with Gasteiger partial charge in [-0.05, 0) is 19.9 Å². The summed E-state index contributed by atoms with van der Waals surface area (Å²) in [5, 5.41) is 4.96. The predicted molar refractivity (Wildman–Crippen MR) is 61.4 cm³/mol. The summed E-state index contributed by atoms with van der Waals surface area (Å²) in [5.74, 6) is 5.39. The van der Waals surface area contributed by atoms with Gasteiger partial charge in [0, 0.05) is 24.1 Å². The van der Waals surface area contributed by atoms with E-state index < -0.39 is 0 Å². The minimum absolute atomic E-state index is 0.706.